The zero-order valence-corrected chi connectivity index (χ0v) is 23.9. The molecule has 1 fully saturated rings. The molecule has 0 N–H and O–H groups in total. The highest BCUT2D eigenvalue weighted by Crippen LogP contribution is 2.35. The minimum Gasteiger partial charge on any atom is -0.494 e. The van der Waals surface area contributed by atoms with Crippen LogP contribution in [0, 0.1) is 17.8 Å². The van der Waals surface area contributed by atoms with E-state index in [4.69, 9.17) is 18.9 Å². The third-order valence-corrected chi connectivity index (χ3v) is 7.33. The zero-order valence-electron chi connectivity index (χ0n) is 23.9. The van der Waals surface area contributed by atoms with E-state index in [0.717, 1.165) is 44.6 Å². The summed E-state index contributed by atoms with van der Waals surface area (Å²) >= 11 is 0. The van der Waals surface area contributed by atoms with Gasteiger partial charge in [-0.05, 0) is 105 Å². The second-order valence-corrected chi connectivity index (χ2v) is 10.8. The van der Waals surface area contributed by atoms with Crippen LogP contribution in [0.15, 0.2) is 61.2 Å². The summed E-state index contributed by atoms with van der Waals surface area (Å²) < 4.78 is 22.1. The van der Waals surface area contributed by atoms with E-state index >= 15 is 0 Å². The summed E-state index contributed by atoms with van der Waals surface area (Å²) in [5, 5.41) is 0. The van der Waals surface area contributed by atoms with E-state index in [1.54, 1.807) is 48.5 Å². The van der Waals surface area contributed by atoms with Gasteiger partial charge in [-0.2, -0.15) is 0 Å². The Bertz CT molecular complexity index is 1100. The van der Waals surface area contributed by atoms with Gasteiger partial charge in [-0.25, -0.2) is 14.4 Å². The van der Waals surface area contributed by atoms with Gasteiger partial charge in [-0.1, -0.05) is 33.8 Å². The van der Waals surface area contributed by atoms with Gasteiger partial charge < -0.3 is 18.9 Å². The molecule has 0 saturated heterocycles. The van der Waals surface area contributed by atoms with Crippen molar-refractivity contribution >= 4 is 17.9 Å². The number of benzene rings is 2. The summed E-state index contributed by atoms with van der Waals surface area (Å²) in [6, 6.07) is 13.3. The molecule has 0 heterocycles. The maximum Gasteiger partial charge on any atom is 0.343 e. The summed E-state index contributed by atoms with van der Waals surface area (Å²) in [5.41, 5.74) is 0.842. The minimum atomic E-state index is -0.491. The largest absolute Gasteiger partial charge is 0.494 e. The molecule has 0 spiro atoms. The van der Waals surface area contributed by atoms with Crippen LogP contribution >= 0.6 is 0 Å². The molecule has 7 nitrogen and oxygen atoms in total. The SMILES string of the molecule is C=CC(=O)OCCCCCCOc1ccc(C(=O)Oc2ccc(C(=O)OC3CC(C)CCC3C(C)C)cc2)cc1. The highest BCUT2D eigenvalue weighted by Gasteiger charge is 2.33. The Morgan fingerprint density at radius 2 is 1.45 bits per heavy atom. The van der Waals surface area contributed by atoms with Crippen molar-refractivity contribution in [3.05, 3.63) is 72.3 Å². The number of hydrogen-bond donors (Lipinski definition) is 0. The van der Waals surface area contributed by atoms with Crippen molar-refractivity contribution < 1.29 is 33.3 Å². The summed E-state index contributed by atoms with van der Waals surface area (Å²) in [4.78, 5) is 36.4. The van der Waals surface area contributed by atoms with Crippen LogP contribution in [0.4, 0.5) is 0 Å². The monoisotopic (exact) mass is 550 g/mol. The van der Waals surface area contributed by atoms with Gasteiger partial charge in [0.25, 0.3) is 0 Å². The second-order valence-electron chi connectivity index (χ2n) is 10.8. The molecular formula is C33H42O7. The van der Waals surface area contributed by atoms with Crippen molar-refractivity contribution in [1.29, 1.82) is 0 Å². The first kappa shape index (κ1) is 30.9. The number of carbonyl (C=O) groups is 3. The molecule has 7 heteroatoms. The summed E-state index contributed by atoms with van der Waals surface area (Å²) in [5.74, 6) is 1.19. The quantitative estimate of drug-likeness (QED) is 0.106. The van der Waals surface area contributed by atoms with Crippen molar-refractivity contribution in [2.75, 3.05) is 13.2 Å². The molecule has 0 amide bonds. The molecule has 3 unspecified atom stereocenters. The third kappa shape index (κ3) is 9.85. The Kier molecular flexibility index (Phi) is 12.3. The molecule has 1 saturated carbocycles. The normalized spacial score (nSPS) is 18.6. The van der Waals surface area contributed by atoms with Crippen molar-refractivity contribution in [2.45, 2.75) is 71.8 Å². The van der Waals surface area contributed by atoms with E-state index in [9.17, 15) is 14.4 Å². The molecule has 3 rings (SSSR count). The Hall–Kier alpha value is -3.61. The molecule has 40 heavy (non-hydrogen) atoms. The van der Waals surface area contributed by atoms with Crippen molar-refractivity contribution in [1.82, 2.24) is 0 Å². The van der Waals surface area contributed by atoms with Crippen LogP contribution < -0.4 is 9.47 Å². The molecule has 1 aliphatic rings. The topological polar surface area (TPSA) is 88.1 Å². The Labute approximate surface area is 237 Å². The maximum atomic E-state index is 12.8. The minimum absolute atomic E-state index is 0.0682. The molecule has 2 aromatic carbocycles. The Morgan fingerprint density at radius 1 is 0.850 bits per heavy atom. The predicted molar refractivity (Wildman–Crippen MR) is 154 cm³/mol. The Balaban J connectivity index is 1.40. The molecule has 216 valence electrons. The number of ether oxygens (including phenoxy) is 4. The summed E-state index contributed by atoms with van der Waals surface area (Å²) in [6.07, 6.45) is 7.83. The van der Waals surface area contributed by atoms with Crippen molar-refractivity contribution in [3.8, 4) is 11.5 Å². The summed E-state index contributed by atoms with van der Waals surface area (Å²) in [7, 11) is 0. The van der Waals surface area contributed by atoms with E-state index in [-0.39, 0.29) is 12.1 Å². The fourth-order valence-electron chi connectivity index (χ4n) is 4.95. The van der Waals surface area contributed by atoms with Crippen molar-refractivity contribution in [3.63, 3.8) is 0 Å². The highest BCUT2D eigenvalue weighted by atomic mass is 16.5. The second kappa shape index (κ2) is 15.8. The fourth-order valence-corrected chi connectivity index (χ4v) is 4.95. The lowest BCUT2D eigenvalue weighted by Gasteiger charge is -2.36. The van der Waals surface area contributed by atoms with Crippen LogP contribution in [0.25, 0.3) is 0 Å². The first-order valence-electron chi connectivity index (χ1n) is 14.3. The van der Waals surface area contributed by atoms with E-state index in [2.05, 4.69) is 27.4 Å². The molecule has 3 atom stereocenters. The molecule has 0 bridgehead atoms. The number of rotatable bonds is 14. The molecule has 0 aromatic heterocycles. The van der Waals surface area contributed by atoms with Gasteiger partial charge in [0.2, 0.25) is 0 Å². The van der Waals surface area contributed by atoms with Crippen LogP contribution in [0.2, 0.25) is 0 Å². The van der Waals surface area contributed by atoms with Gasteiger partial charge in [-0.15, -0.1) is 0 Å². The van der Waals surface area contributed by atoms with Gasteiger partial charge in [0, 0.05) is 6.08 Å². The van der Waals surface area contributed by atoms with E-state index in [0.29, 0.717) is 53.6 Å². The van der Waals surface area contributed by atoms with Crippen molar-refractivity contribution in [2.24, 2.45) is 17.8 Å². The van der Waals surface area contributed by atoms with Gasteiger partial charge in [-0.3, -0.25) is 0 Å². The number of hydrogen-bond acceptors (Lipinski definition) is 7. The first-order chi connectivity index (χ1) is 19.3. The van der Waals surface area contributed by atoms with Crippen LogP contribution in [-0.2, 0) is 14.3 Å². The van der Waals surface area contributed by atoms with Crippen LogP contribution in [0.1, 0.15) is 86.4 Å². The summed E-state index contributed by atoms with van der Waals surface area (Å²) in [6.45, 7) is 10.9. The lowest BCUT2D eigenvalue weighted by molar-refractivity contribution is -0.137. The number of unbranched alkanes of at least 4 members (excludes halogenated alkanes) is 3. The average Bonchev–Trinajstić information content (AvgIpc) is 2.94. The van der Waals surface area contributed by atoms with Gasteiger partial charge in [0.1, 0.15) is 17.6 Å². The molecule has 2 aromatic rings. The van der Waals surface area contributed by atoms with Crippen LogP contribution in [0.3, 0.4) is 0 Å². The Morgan fingerprint density at radius 3 is 2.08 bits per heavy atom. The molecule has 0 aliphatic heterocycles. The van der Waals surface area contributed by atoms with Gasteiger partial charge >= 0.3 is 17.9 Å². The standard InChI is InChI=1S/C33H42O7/c1-5-31(34)38-21-9-7-6-8-20-37-27-15-11-25(12-16-27)32(35)39-28-17-13-26(14-18-28)33(36)40-30-22-24(4)10-19-29(30)23(2)3/h5,11-18,23-24,29-30H,1,6-10,19-22H2,2-4H3. The lowest BCUT2D eigenvalue weighted by Crippen LogP contribution is -2.35. The average molecular weight is 551 g/mol. The zero-order chi connectivity index (χ0) is 28.9. The van der Waals surface area contributed by atoms with Gasteiger partial charge in [0.05, 0.1) is 24.3 Å². The van der Waals surface area contributed by atoms with E-state index in [1.165, 1.54) is 6.42 Å². The lowest BCUT2D eigenvalue weighted by atomic mass is 9.75. The highest BCUT2D eigenvalue weighted by molar-refractivity contribution is 5.92. The predicted octanol–water partition coefficient (Wildman–Crippen LogP) is 7.19. The van der Waals surface area contributed by atoms with Gasteiger partial charge in [0.15, 0.2) is 0 Å². The first-order valence-corrected chi connectivity index (χ1v) is 14.3. The number of carbonyl (C=O) groups excluding carboxylic acids is 3. The number of esters is 3. The molecule has 1 aliphatic carbocycles. The van der Waals surface area contributed by atoms with E-state index < -0.39 is 11.9 Å². The molecule has 0 radical (unpaired) electrons. The smallest absolute Gasteiger partial charge is 0.343 e. The maximum absolute atomic E-state index is 12.8. The third-order valence-electron chi connectivity index (χ3n) is 7.33. The van der Waals surface area contributed by atoms with Crippen LogP contribution in [0.5, 0.6) is 11.5 Å². The molecular weight excluding hydrogens is 508 g/mol. The van der Waals surface area contributed by atoms with E-state index in [1.807, 2.05) is 0 Å². The fraction of sp³-hybridized carbons (Fsp3) is 0.485. The van der Waals surface area contributed by atoms with Crippen LogP contribution in [-0.4, -0.2) is 37.2 Å².